The molecule has 1 fully saturated rings. The number of carbonyl (C=O) groups is 1. The molecule has 2 aromatic heterocycles. The monoisotopic (exact) mass is 388 g/mol. The van der Waals surface area contributed by atoms with Crippen LogP contribution in [0, 0.1) is 17.8 Å². The van der Waals surface area contributed by atoms with E-state index in [2.05, 4.69) is 36.0 Å². The molecule has 0 radical (unpaired) electrons. The van der Waals surface area contributed by atoms with E-state index >= 15 is 0 Å². The van der Waals surface area contributed by atoms with Crippen molar-refractivity contribution in [3.63, 3.8) is 0 Å². The highest BCUT2D eigenvalue weighted by molar-refractivity contribution is 7.99. The van der Waals surface area contributed by atoms with Crippen molar-refractivity contribution in [2.24, 2.45) is 24.8 Å². The van der Waals surface area contributed by atoms with Gasteiger partial charge < -0.3 is 9.30 Å². The van der Waals surface area contributed by atoms with E-state index in [1.165, 1.54) is 18.2 Å². The fraction of sp³-hybridized carbons (Fsp3) is 0.600. The van der Waals surface area contributed by atoms with E-state index in [4.69, 9.17) is 4.74 Å². The molecule has 27 heavy (non-hydrogen) atoms. The van der Waals surface area contributed by atoms with Crippen LogP contribution in [0.2, 0.25) is 0 Å². The summed E-state index contributed by atoms with van der Waals surface area (Å²) in [5, 5.41) is 9.16. The number of carbonyl (C=O) groups excluding carboxylic acids is 1. The van der Waals surface area contributed by atoms with Crippen LogP contribution in [0.5, 0.6) is 0 Å². The van der Waals surface area contributed by atoms with E-state index in [0.717, 1.165) is 24.2 Å². The second-order valence-corrected chi connectivity index (χ2v) is 8.69. The van der Waals surface area contributed by atoms with Crippen LogP contribution in [-0.2, 0) is 16.6 Å². The molecule has 0 unspecified atom stereocenters. The minimum absolute atomic E-state index is 0.0359. The van der Waals surface area contributed by atoms with E-state index < -0.39 is 0 Å². The number of rotatable bonds is 6. The highest BCUT2D eigenvalue weighted by atomic mass is 32.2. The smallest absolute Gasteiger partial charge is 0.316 e. The van der Waals surface area contributed by atoms with Crippen LogP contribution in [-0.4, -0.2) is 37.6 Å². The largest absolute Gasteiger partial charge is 0.461 e. The molecule has 0 aliphatic heterocycles. The molecule has 2 heterocycles. The van der Waals surface area contributed by atoms with Crippen LogP contribution in [0.4, 0.5) is 0 Å². The van der Waals surface area contributed by atoms with Crippen LogP contribution in [0.25, 0.3) is 11.4 Å². The van der Waals surface area contributed by atoms with Gasteiger partial charge in [0.05, 0.1) is 5.75 Å². The topological polar surface area (TPSA) is 69.9 Å². The van der Waals surface area contributed by atoms with E-state index in [-0.39, 0.29) is 17.8 Å². The first kappa shape index (κ1) is 19.9. The second-order valence-electron chi connectivity index (χ2n) is 7.74. The Balaban J connectivity index is 1.58. The Labute approximate surface area is 165 Å². The summed E-state index contributed by atoms with van der Waals surface area (Å²) in [5.74, 6) is 2.45. The Hall–Kier alpha value is -1.89. The summed E-state index contributed by atoms with van der Waals surface area (Å²) in [6.45, 7) is 6.68. The maximum Gasteiger partial charge on any atom is 0.316 e. The molecule has 1 saturated carbocycles. The third-order valence-electron chi connectivity index (χ3n) is 5.34. The summed E-state index contributed by atoms with van der Waals surface area (Å²) in [6, 6.07) is 3.78. The maximum absolute atomic E-state index is 12.4. The number of hydrogen-bond donors (Lipinski definition) is 0. The minimum atomic E-state index is -0.168. The molecule has 0 spiro atoms. The summed E-state index contributed by atoms with van der Waals surface area (Å²) >= 11 is 1.37. The van der Waals surface area contributed by atoms with Crippen molar-refractivity contribution in [2.45, 2.75) is 51.3 Å². The zero-order valence-corrected chi connectivity index (χ0v) is 17.3. The lowest BCUT2D eigenvalue weighted by molar-refractivity contribution is -0.152. The Morgan fingerprint density at radius 3 is 2.74 bits per heavy atom. The van der Waals surface area contributed by atoms with E-state index in [0.29, 0.717) is 22.9 Å². The summed E-state index contributed by atoms with van der Waals surface area (Å²) in [4.78, 5) is 16.5. The van der Waals surface area contributed by atoms with Crippen molar-refractivity contribution in [1.29, 1.82) is 0 Å². The number of pyridine rings is 1. The number of hydrogen-bond acceptors (Lipinski definition) is 6. The lowest BCUT2D eigenvalue weighted by atomic mass is 9.75. The molecule has 2 aromatic rings. The first-order valence-electron chi connectivity index (χ1n) is 9.57. The predicted octanol–water partition coefficient (Wildman–Crippen LogP) is 3.97. The van der Waals surface area contributed by atoms with Gasteiger partial charge in [-0.2, -0.15) is 0 Å². The van der Waals surface area contributed by atoms with Crippen LogP contribution >= 0.6 is 11.8 Å². The molecular formula is C20H28N4O2S. The average Bonchev–Trinajstić information content (AvgIpc) is 3.01. The number of esters is 1. The van der Waals surface area contributed by atoms with Gasteiger partial charge >= 0.3 is 5.97 Å². The normalized spacial score (nSPS) is 22.8. The fourth-order valence-electron chi connectivity index (χ4n) is 3.77. The zero-order chi connectivity index (χ0) is 19.4. The zero-order valence-electron chi connectivity index (χ0n) is 16.5. The van der Waals surface area contributed by atoms with Crippen LogP contribution in [0.1, 0.15) is 40.0 Å². The molecule has 0 aromatic carbocycles. The van der Waals surface area contributed by atoms with E-state index in [9.17, 15) is 4.79 Å². The summed E-state index contributed by atoms with van der Waals surface area (Å²) in [7, 11) is 1.90. The number of nitrogens with zero attached hydrogens (tertiary/aromatic N) is 4. The SMILES string of the molecule is CC(C)[C@H]1CC[C@H](C)C[C@H]1OC(=O)CSc1nnc(-c2ccncc2)n1C. The first-order valence-corrected chi connectivity index (χ1v) is 10.6. The quantitative estimate of drug-likeness (QED) is 0.551. The van der Waals surface area contributed by atoms with Crippen LogP contribution in [0.15, 0.2) is 29.7 Å². The molecule has 1 aliphatic rings. The summed E-state index contributed by atoms with van der Waals surface area (Å²) < 4.78 is 7.76. The lowest BCUT2D eigenvalue weighted by Crippen LogP contribution is -2.36. The van der Waals surface area contributed by atoms with Gasteiger partial charge in [0.2, 0.25) is 0 Å². The van der Waals surface area contributed by atoms with Gasteiger partial charge in [0.1, 0.15) is 6.10 Å². The molecule has 1 aliphatic carbocycles. The Bertz CT molecular complexity index is 763. The molecule has 7 heteroatoms. The first-order chi connectivity index (χ1) is 13.0. The Kier molecular flexibility index (Phi) is 6.52. The standard InChI is InChI=1S/C20H28N4O2S/c1-13(2)16-6-5-14(3)11-17(16)26-18(25)12-27-20-23-22-19(24(20)4)15-7-9-21-10-8-15/h7-10,13-14,16-17H,5-6,11-12H2,1-4H3/t14-,16+,17+/m0/s1. The van der Waals surface area contributed by atoms with Gasteiger partial charge in [-0.3, -0.25) is 9.78 Å². The molecule has 0 amide bonds. The lowest BCUT2D eigenvalue weighted by Gasteiger charge is -2.36. The predicted molar refractivity (Wildman–Crippen MR) is 106 cm³/mol. The fourth-order valence-corrected chi connectivity index (χ4v) is 4.46. The summed E-state index contributed by atoms with van der Waals surface area (Å²) in [5.41, 5.74) is 0.949. The van der Waals surface area contributed by atoms with Gasteiger partial charge in [-0.05, 0) is 42.7 Å². The van der Waals surface area contributed by atoms with Crippen LogP contribution < -0.4 is 0 Å². The molecule has 0 bridgehead atoms. The van der Waals surface area contributed by atoms with E-state index in [1.54, 1.807) is 12.4 Å². The van der Waals surface area contributed by atoms with Crippen molar-refractivity contribution in [1.82, 2.24) is 19.7 Å². The minimum Gasteiger partial charge on any atom is -0.461 e. The van der Waals surface area contributed by atoms with E-state index in [1.807, 2.05) is 23.7 Å². The average molecular weight is 389 g/mol. The van der Waals surface area contributed by atoms with Crippen molar-refractivity contribution >= 4 is 17.7 Å². The van der Waals surface area contributed by atoms with Crippen molar-refractivity contribution < 1.29 is 9.53 Å². The van der Waals surface area contributed by atoms with Crippen molar-refractivity contribution in [2.75, 3.05) is 5.75 Å². The number of thioether (sulfide) groups is 1. The number of aromatic nitrogens is 4. The Morgan fingerprint density at radius 1 is 1.30 bits per heavy atom. The third kappa shape index (κ3) is 4.89. The third-order valence-corrected chi connectivity index (χ3v) is 6.33. The van der Waals surface area contributed by atoms with Gasteiger partial charge in [0, 0.05) is 25.0 Å². The molecule has 0 saturated heterocycles. The van der Waals surface area contributed by atoms with Gasteiger partial charge in [-0.25, -0.2) is 0 Å². The van der Waals surface area contributed by atoms with Gasteiger partial charge in [0.15, 0.2) is 11.0 Å². The molecular weight excluding hydrogens is 360 g/mol. The molecule has 3 atom stereocenters. The highest BCUT2D eigenvalue weighted by Crippen LogP contribution is 2.35. The molecule has 6 nitrogen and oxygen atoms in total. The molecule has 3 rings (SSSR count). The Morgan fingerprint density at radius 2 is 2.04 bits per heavy atom. The second kappa shape index (κ2) is 8.87. The van der Waals surface area contributed by atoms with Gasteiger partial charge in [0.25, 0.3) is 0 Å². The van der Waals surface area contributed by atoms with Crippen LogP contribution in [0.3, 0.4) is 0 Å². The molecule has 0 N–H and O–H groups in total. The van der Waals surface area contributed by atoms with Crippen molar-refractivity contribution in [3.8, 4) is 11.4 Å². The summed E-state index contributed by atoms with van der Waals surface area (Å²) in [6.07, 6.45) is 6.82. The maximum atomic E-state index is 12.4. The highest BCUT2D eigenvalue weighted by Gasteiger charge is 2.33. The number of ether oxygens (including phenoxy) is 1. The van der Waals surface area contributed by atoms with Gasteiger partial charge in [-0.15, -0.1) is 10.2 Å². The van der Waals surface area contributed by atoms with Crippen molar-refractivity contribution in [3.05, 3.63) is 24.5 Å². The van der Waals surface area contributed by atoms with Gasteiger partial charge in [-0.1, -0.05) is 39.0 Å². The molecule has 146 valence electrons.